The number of rotatable bonds is 6. The van der Waals surface area contributed by atoms with Gasteiger partial charge in [0.15, 0.2) is 5.75 Å². The molecule has 1 aliphatic heterocycles. The molecule has 130 valence electrons. The van der Waals surface area contributed by atoms with Crippen molar-refractivity contribution in [2.75, 3.05) is 52.9 Å². The fraction of sp³-hybridized carbons (Fsp3) is 0.533. The molecule has 1 fully saturated rings. The van der Waals surface area contributed by atoms with E-state index in [1.165, 1.54) is 0 Å². The minimum absolute atomic E-state index is 0. The first-order valence-electron chi connectivity index (χ1n) is 7.32. The van der Waals surface area contributed by atoms with Crippen molar-refractivity contribution in [1.29, 1.82) is 0 Å². The second-order valence-corrected chi connectivity index (χ2v) is 6.08. The van der Waals surface area contributed by atoms with E-state index in [2.05, 4.69) is 5.32 Å². The number of likely N-dealkylation sites (N-methyl/N-ethyl adjacent to an activating group) is 1. The lowest BCUT2D eigenvalue weighted by Crippen LogP contribution is -2.49. The molecule has 0 atom stereocenters. The summed E-state index contributed by atoms with van der Waals surface area (Å²) in [6.45, 7) is 4.72. The molecule has 1 aliphatic rings. The first-order valence-corrected chi connectivity index (χ1v) is 8.07. The molecule has 1 heterocycles. The van der Waals surface area contributed by atoms with Crippen molar-refractivity contribution in [2.24, 2.45) is 0 Å². The number of hydrogen-bond acceptors (Lipinski definition) is 4. The Bertz CT molecular complexity index is 490. The zero-order valence-corrected chi connectivity index (χ0v) is 15.4. The topological polar surface area (TPSA) is 44.8 Å². The van der Waals surface area contributed by atoms with Crippen molar-refractivity contribution in [3.8, 4) is 5.75 Å². The Kier molecular flexibility index (Phi) is 9.02. The zero-order valence-electron chi connectivity index (χ0n) is 13.1. The molecule has 5 nitrogen and oxygen atoms in total. The van der Waals surface area contributed by atoms with E-state index in [0.29, 0.717) is 35.5 Å². The Morgan fingerprint density at radius 1 is 1.30 bits per heavy atom. The highest BCUT2D eigenvalue weighted by Crippen LogP contribution is 2.32. The van der Waals surface area contributed by atoms with Crippen LogP contribution in [0.3, 0.4) is 0 Å². The molecule has 1 aromatic carbocycles. The molecule has 1 saturated heterocycles. The van der Waals surface area contributed by atoms with Gasteiger partial charge < -0.3 is 15.0 Å². The van der Waals surface area contributed by atoms with Gasteiger partial charge in [-0.05, 0) is 19.2 Å². The minimum atomic E-state index is 0. The number of halogens is 3. The van der Waals surface area contributed by atoms with Gasteiger partial charge in [-0.2, -0.15) is 0 Å². The molecular weight excluding hydrogens is 361 g/mol. The van der Waals surface area contributed by atoms with Gasteiger partial charge in [0.2, 0.25) is 5.91 Å². The number of ether oxygens (including phenoxy) is 1. The van der Waals surface area contributed by atoms with Crippen LogP contribution in [0.15, 0.2) is 18.2 Å². The molecule has 0 aliphatic carbocycles. The predicted molar refractivity (Wildman–Crippen MR) is 96.2 cm³/mol. The van der Waals surface area contributed by atoms with Crippen LogP contribution in [0.2, 0.25) is 10.0 Å². The third-order valence-electron chi connectivity index (χ3n) is 3.51. The van der Waals surface area contributed by atoms with Gasteiger partial charge in [0.25, 0.3) is 0 Å². The van der Waals surface area contributed by atoms with Gasteiger partial charge in [-0.15, -0.1) is 12.4 Å². The molecule has 0 saturated carbocycles. The van der Waals surface area contributed by atoms with Crippen LogP contribution >= 0.6 is 35.6 Å². The summed E-state index contributed by atoms with van der Waals surface area (Å²) in [6, 6.07) is 5.25. The van der Waals surface area contributed by atoms with Gasteiger partial charge in [-0.1, -0.05) is 29.3 Å². The zero-order chi connectivity index (χ0) is 15.9. The number of nitrogens with zero attached hydrogens (tertiary/aromatic N) is 2. The van der Waals surface area contributed by atoms with Crippen LogP contribution in [0.4, 0.5) is 0 Å². The summed E-state index contributed by atoms with van der Waals surface area (Å²) in [7, 11) is 1.90. The van der Waals surface area contributed by atoms with Crippen molar-refractivity contribution < 1.29 is 9.53 Å². The van der Waals surface area contributed by atoms with E-state index in [1.54, 1.807) is 18.2 Å². The number of carbonyl (C=O) groups is 1. The first kappa shape index (κ1) is 20.3. The molecule has 0 aromatic heterocycles. The van der Waals surface area contributed by atoms with E-state index in [9.17, 15) is 4.79 Å². The van der Waals surface area contributed by atoms with Gasteiger partial charge in [-0.25, -0.2) is 0 Å². The van der Waals surface area contributed by atoms with Crippen LogP contribution < -0.4 is 10.1 Å². The average molecular weight is 383 g/mol. The highest BCUT2D eigenvalue weighted by atomic mass is 35.5. The lowest BCUT2D eigenvalue weighted by atomic mass is 10.3. The largest absolute Gasteiger partial charge is 0.489 e. The lowest BCUT2D eigenvalue weighted by Gasteiger charge is -2.29. The molecule has 0 bridgehead atoms. The van der Waals surface area contributed by atoms with Gasteiger partial charge >= 0.3 is 0 Å². The molecule has 1 aromatic rings. The monoisotopic (exact) mass is 381 g/mol. The van der Waals surface area contributed by atoms with Crippen LogP contribution in [0.5, 0.6) is 5.75 Å². The quantitative estimate of drug-likeness (QED) is 0.819. The van der Waals surface area contributed by atoms with Crippen LogP contribution in [0.1, 0.15) is 0 Å². The van der Waals surface area contributed by atoms with Crippen LogP contribution in [0, 0.1) is 0 Å². The van der Waals surface area contributed by atoms with E-state index < -0.39 is 0 Å². The molecule has 23 heavy (non-hydrogen) atoms. The second kappa shape index (κ2) is 10.2. The van der Waals surface area contributed by atoms with E-state index in [1.807, 2.05) is 16.8 Å². The van der Waals surface area contributed by atoms with Crippen LogP contribution in [-0.4, -0.2) is 68.6 Å². The molecule has 0 spiro atoms. The van der Waals surface area contributed by atoms with E-state index >= 15 is 0 Å². The maximum Gasteiger partial charge on any atom is 0.236 e. The second-order valence-electron chi connectivity index (χ2n) is 5.27. The van der Waals surface area contributed by atoms with Crippen molar-refractivity contribution in [2.45, 2.75) is 0 Å². The van der Waals surface area contributed by atoms with Gasteiger partial charge in [-0.3, -0.25) is 9.69 Å². The summed E-state index contributed by atoms with van der Waals surface area (Å²) < 4.78 is 5.62. The number of nitrogens with one attached hydrogen (secondary N) is 1. The standard InChI is InChI=1S/C15H21Cl2N3O2.ClH/c1-19(11-14(21)20-7-5-18-6-8-20)9-10-22-15-12(16)3-2-4-13(15)17;/h2-4,18H,5-11H2,1H3;1H. The molecular formula is C15H22Cl3N3O2. The number of amides is 1. The lowest BCUT2D eigenvalue weighted by molar-refractivity contribution is -0.132. The normalized spacial score (nSPS) is 14.5. The summed E-state index contributed by atoms with van der Waals surface area (Å²) in [5.41, 5.74) is 0. The molecule has 0 radical (unpaired) electrons. The van der Waals surface area contributed by atoms with E-state index in [0.717, 1.165) is 26.2 Å². The number of para-hydroxylation sites is 1. The predicted octanol–water partition coefficient (Wildman–Crippen LogP) is 2.16. The molecule has 1 amide bonds. The Hall–Kier alpha value is -0.720. The SMILES string of the molecule is CN(CCOc1c(Cl)cccc1Cl)CC(=O)N1CCNCC1.Cl. The Balaban J connectivity index is 0.00000264. The summed E-state index contributed by atoms with van der Waals surface area (Å²) in [5, 5.41) is 4.22. The minimum Gasteiger partial charge on any atom is -0.489 e. The van der Waals surface area contributed by atoms with Crippen molar-refractivity contribution >= 4 is 41.5 Å². The number of piperazine rings is 1. The molecule has 1 N–H and O–H groups in total. The fourth-order valence-electron chi connectivity index (χ4n) is 2.25. The highest BCUT2D eigenvalue weighted by Gasteiger charge is 2.17. The smallest absolute Gasteiger partial charge is 0.236 e. The molecule has 8 heteroatoms. The fourth-order valence-corrected chi connectivity index (χ4v) is 2.75. The van der Waals surface area contributed by atoms with Gasteiger partial charge in [0.05, 0.1) is 16.6 Å². The first-order chi connectivity index (χ1) is 10.6. The summed E-state index contributed by atoms with van der Waals surface area (Å²) in [4.78, 5) is 16.0. The summed E-state index contributed by atoms with van der Waals surface area (Å²) >= 11 is 12.1. The number of carbonyl (C=O) groups excluding carboxylic acids is 1. The molecule has 2 rings (SSSR count). The van der Waals surface area contributed by atoms with Crippen molar-refractivity contribution in [3.63, 3.8) is 0 Å². The summed E-state index contributed by atoms with van der Waals surface area (Å²) in [5.74, 6) is 0.646. The number of benzene rings is 1. The maximum absolute atomic E-state index is 12.1. The highest BCUT2D eigenvalue weighted by molar-refractivity contribution is 6.37. The third kappa shape index (κ3) is 6.36. The van der Waals surface area contributed by atoms with Crippen molar-refractivity contribution in [1.82, 2.24) is 15.1 Å². The Morgan fingerprint density at radius 3 is 2.52 bits per heavy atom. The average Bonchev–Trinajstić information content (AvgIpc) is 2.51. The number of hydrogen-bond donors (Lipinski definition) is 1. The van der Waals surface area contributed by atoms with E-state index in [-0.39, 0.29) is 18.3 Å². The molecule has 0 unspecified atom stereocenters. The van der Waals surface area contributed by atoms with E-state index in [4.69, 9.17) is 27.9 Å². The van der Waals surface area contributed by atoms with Gasteiger partial charge in [0, 0.05) is 32.7 Å². The third-order valence-corrected chi connectivity index (χ3v) is 4.11. The van der Waals surface area contributed by atoms with Crippen molar-refractivity contribution in [3.05, 3.63) is 28.2 Å². The van der Waals surface area contributed by atoms with Crippen LogP contribution in [0.25, 0.3) is 0 Å². The Labute approximate surface area is 153 Å². The van der Waals surface area contributed by atoms with Gasteiger partial charge in [0.1, 0.15) is 6.61 Å². The Morgan fingerprint density at radius 2 is 1.91 bits per heavy atom. The summed E-state index contributed by atoms with van der Waals surface area (Å²) in [6.07, 6.45) is 0. The van der Waals surface area contributed by atoms with Crippen LogP contribution in [-0.2, 0) is 4.79 Å². The maximum atomic E-state index is 12.1.